The van der Waals surface area contributed by atoms with Gasteiger partial charge in [-0.3, -0.25) is 19.2 Å². The van der Waals surface area contributed by atoms with Crippen LogP contribution in [-0.2, 0) is 28.0 Å². The molecule has 4 aliphatic rings. The number of aromatic nitrogens is 2. The number of aliphatic hydroxyl groups is 1. The van der Waals surface area contributed by atoms with Crippen molar-refractivity contribution in [2.24, 2.45) is 18.9 Å². The number of carbonyl (C=O) groups is 3. The lowest BCUT2D eigenvalue weighted by Gasteiger charge is -2.31. The maximum Gasteiger partial charge on any atom is 0.434 e. The smallest absolute Gasteiger partial charge is 0.370 e. The standard InChI is InChI=1S/C23H34N6O5/c1-15(30)27-7-5-16(6-8-27)22-19(9-25(2)24-22)12-26-10-17-13-28(14-18(17)11-26)23(33)34-29-20(31)3-4-21(29)32/h9,16-18,20,31H,3-8,10-14H2,1-2H3. The average molecular weight is 475 g/mol. The number of hydrogen-bond acceptors (Lipinski definition) is 7. The molecule has 0 spiro atoms. The van der Waals surface area contributed by atoms with Crippen LogP contribution < -0.4 is 0 Å². The van der Waals surface area contributed by atoms with Crippen LogP contribution in [0.2, 0.25) is 0 Å². The molecule has 3 atom stereocenters. The fourth-order valence-corrected chi connectivity index (χ4v) is 6.00. The Morgan fingerprint density at radius 1 is 1.09 bits per heavy atom. The van der Waals surface area contributed by atoms with Crippen LogP contribution in [0.4, 0.5) is 4.79 Å². The van der Waals surface area contributed by atoms with Crippen LogP contribution in [0.3, 0.4) is 0 Å². The first-order chi connectivity index (χ1) is 16.3. The SMILES string of the molecule is CC(=O)N1CCC(c2nn(C)cc2CN2CC3CN(C(=O)ON4C(=O)CCC4O)CC3C2)CC1. The van der Waals surface area contributed by atoms with E-state index in [1.165, 1.54) is 5.56 Å². The van der Waals surface area contributed by atoms with E-state index in [4.69, 9.17) is 9.94 Å². The first-order valence-corrected chi connectivity index (χ1v) is 12.3. The molecule has 3 unspecified atom stereocenters. The van der Waals surface area contributed by atoms with Gasteiger partial charge in [-0.25, -0.2) is 4.79 Å². The zero-order valence-corrected chi connectivity index (χ0v) is 19.9. The van der Waals surface area contributed by atoms with Gasteiger partial charge in [0.15, 0.2) is 6.23 Å². The van der Waals surface area contributed by atoms with Crippen molar-refractivity contribution >= 4 is 17.9 Å². The van der Waals surface area contributed by atoms with E-state index in [9.17, 15) is 19.5 Å². The van der Waals surface area contributed by atoms with Crippen LogP contribution in [0.1, 0.15) is 49.8 Å². The van der Waals surface area contributed by atoms with Gasteiger partial charge in [0.25, 0.3) is 5.91 Å². The van der Waals surface area contributed by atoms with E-state index < -0.39 is 12.3 Å². The van der Waals surface area contributed by atoms with Crippen LogP contribution >= 0.6 is 0 Å². The van der Waals surface area contributed by atoms with Crippen molar-refractivity contribution in [3.05, 3.63) is 17.5 Å². The van der Waals surface area contributed by atoms with Crippen molar-refractivity contribution in [1.29, 1.82) is 0 Å². The molecular formula is C23H34N6O5. The van der Waals surface area contributed by atoms with Crippen molar-refractivity contribution in [2.45, 2.75) is 51.3 Å². The number of amides is 3. The number of rotatable bonds is 4. The maximum atomic E-state index is 12.5. The lowest BCUT2D eigenvalue weighted by molar-refractivity contribution is -0.193. The number of hydrogen-bond donors (Lipinski definition) is 1. The number of piperidine rings is 1. The predicted molar refractivity (Wildman–Crippen MR) is 120 cm³/mol. The summed E-state index contributed by atoms with van der Waals surface area (Å²) >= 11 is 0. The Hall–Kier alpha value is -2.66. The van der Waals surface area contributed by atoms with Gasteiger partial charge in [-0.2, -0.15) is 5.10 Å². The average Bonchev–Trinajstić information content (AvgIpc) is 3.54. The molecule has 0 aliphatic carbocycles. The summed E-state index contributed by atoms with van der Waals surface area (Å²) in [5.74, 6) is 0.897. The molecule has 1 aromatic rings. The second-order valence-electron chi connectivity index (χ2n) is 10.2. The second-order valence-corrected chi connectivity index (χ2v) is 10.2. The van der Waals surface area contributed by atoms with Crippen LogP contribution in [0.25, 0.3) is 0 Å². The molecule has 0 bridgehead atoms. The number of fused-ring (bicyclic) bond motifs is 1. The van der Waals surface area contributed by atoms with Crippen LogP contribution in [-0.4, -0.2) is 98.1 Å². The molecule has 4 saturated heterocycles. The molecule has 11 nitrogen and oxygen atoms in total. The van der Waals surface area contributed by atoms with Crippen molar-refractivity contribution in [2.75, 3.05) is 39.3 Å². The summed E-state index contributed by atoms with van der Waals surface area (Å²) in [5.41, 5.74) is 2.41. The lowest BCUT2D eigenvalue weighted by Crippen LogP contribution is -2.41. The Kier molecular flexibility index (Phi) is 6.24. The predicted octanol–water partition coefficient (Wildman–Crippen LogP) is 0.502. The largest absolute Gasteiger partial charge is 0.434 e. The highest BCUT2D eigenvalue weighted by Crippen LogP contribution is 2.35. The Bertz CT molecular complexity index is 944. The summed E-state index contributed by atoms with van der Waals surface area (Å²) in [4.78, 5) is 47.2. The molecule has 0 aromatic carbocycles. The Labute approximate surface area is 199 Å². The molecule has 34 heavy (non-hydrogen) atoms. The summed E-state index contributed by atoms with van der Waals surface area (Å²) in [6.45, 7) is 7.04. The first-order valence-electron chi connectivity index (χ1n) is 12.3. The van der Waals surface area contributed by atoms with E-state index in [0.29, 0.717) is 37.3 Å². The van der Waals surface area contributed by atoms with Gasteiger partial charge in [0, 0.05) is 90.3 Å². The van der Waals surface area contributed by atoms with E-state index in [1.54, 1.807) is 11.8 Å². The molecule has 5 heterocycles. The van der Waals surface area contributed by atoms with Gasteiger partial charge in [-0.15, -0.1) is 5.06 Å². The minimum atomic E-state index is -1.04. The molecule has 3 amide bonds. The van der Waals surface area contributed by atoms with Gasteiger partial charge < -0.3 is 19.7 Å². The van der Waals surface area contributed by atoms with Crippen molar-refractivity contribution in [1.82, 2.24) is 29.5 Å². The van der Waals surface area contributed by atoms with E-state index in [2.05, 4.69) is 11.1 Å². The molecule has 0 radical (unpaired) electrons. The monoisotopic (exact) mass is 474 g/mol. The Morgan fingerprint density at radius 2 is 1.76 bits per heavy atom. The van der Waals surface area contributed by atoms with Gasteiger partial charge >= 0.3 is 6.09 Å². The summed E-state index contributed by atoms with van der Waals surface area (Å²) in [6, 6.07) is 0. The lowest BCUT2D eigenvalue weighted by atomic mass is 9.91. The van der Waals surface area contributed by atoms with E-state index in [1.807, 2.05) is 16.6 Å². The van der Waals surface area contributed by atoms with Crippen molar-refractivity contribution in [3.63, 3.8) is 0 Å². The molecule has 1 N–H and O–H groups in total. The van der Waals surface area contributed by atoms with E-state index in [0.717, 1.165) is 56.3 Å². The molecule has 4 fully saturated rings. The normalized spacial score (nSPS) is 28.1. The zero-order valence-electron chi connectivity index (χ0n) is 19.9. The van der Waals surface area contributed by atoms with Crippen LogP contribution in [0.5, 0.6) is 0 Å². The molecule has 186 valence electrons. The van der Waals surface area contributed by atoms with E-state index >= 15 is 0 Å². The maximum absolute atomic E-state index is 12.5. The fourth-order valence-electron chi connectivity index (χ4n) is 6.00. The second kappa shape index (κ2) is 9.18. The van der Waals surface area contributed by atoms with Gasteiger partial charge in [-0.1, -0.05) is 0 Å². The Morgan fingerprint density at radius 3 is 2.35 bits per heavy atom. The summed E-state index contributed by atoms with van der Waals surface area (Å²) in [6.07, 6.45) is 2.89. The zero-order chi connectivity index (χ0) is 24.0. The number of likely N-dealkylation sites (tertiary alicyclic amines) is 3. The molecule has 5 rings (SSSR count). The fraction of sp³-hybridized carbons (Fsp3) is 0.739. The number of aryl methyl sites for hydroxylation is 1. The minimum Gasteiger partial charge on any atom is -0.370 e. The first kappa shape index (κ1) is 23.1. The molecular weight excluding hydrogens is 440 g/mol. The third-order valence-electron chi connectivity index (χ3n) is 7.79. The van der Waals surface area contributed by atoms with Crippen molar-refractivity contribution in [3.8, 4) is 0 Å². The third-order valence-corrected chi connectivity index (χ3v) is 7.79. The number of hydroxylamine groups is 2. The van der Waals surface area contributed by atoms with Gasteiger partial charge in [0.05, 0.1) is 5.69 Å². The number of carbonyl (C=O) groups excluding carboxylic acids is 3. The summed E-state index contributed by atoms with van der Waals surface area (Å²) in [7, 11) is 1.96. The Balaban J connectivity index is 1.15. The minimum absolute atomic E-state index is 0.143. The topological polar surface area (TPSA) is 111 Å². The van der Waals surface area contributed by atoms with Gasteiger partial charge in [-0.05, 0) is 24.7 Å². The highest BCUT2D eigenvalue weighted by molar-refractivity contribution is 5.79. The summed E-state index contributed by atoms with van der Waals surface area (Å²) in [5, 5.41) is 15.4. The quantitative estimate of drug-likeness (QED) is 0.677. The number of nitrogens with zero attached hydrogens (tertiary/aromatic N) is 6. The van der Waals surface area contributed by atoms with Gasteiger partial charge in [0.1, 0.15) is 0 Å². The van der Waals surface area contributed by atoms with Crippen LogP contribution in [0, 0.1) is 11.8 Å². The van der Waals surface area contributed by atoms with Crippen molar-refractivity contribution < 1.29 is 24.3 Å². The highest BCUT2D eigenvalue weighted by atomic mass is 16.7. The van der Waals surface area contributed by atoms with Gasteiger partial charge in [0.2, 0.25) is 5.91 Å². The number of aliphatic hydroxyl groups excluding tert-OH is 1. The molecule has 1 aromatic heterocycles. The molecule has 0 saturated carbocycles. The van der Waals surface area contributed by atoms with Crippen LogP contribution in [0.15, 0.2) is 6.20 Å². The highest BCUT2D eigenvalue weighted by Gasteiger charge is 2.44. The third kappa shape index (κ3) is 4.50. The van der Waals surface area contributed by atoms with E-state index in [-0.39, 0.29) is 18.2 Å². The molecule has 11 heteroatoms. The molecule has 4 aliphatic heterocycles. The summed E-state index contributed by atoms with van der Waals surface area (Å²) < 4.78 is 1.89.